The SMILES string of the molecule is CC(C(=O)O)=C(C)C(=O)NC(C)C(=O)N1CCOCC1. The number of hydrogen-bond acceptors (Lipinski definition) is 4. The molecule has 1 rings (SSSR count). The number of carboxylic acids is 1. The Bertz CT molecular complexity index is 438. The maximum Gasteiger partial charge on any atom is 0.331 e. The zero-order valence-corrected chi connectivity index (χ0v) is 11.9. The van der Waals surface area contributed by atoms with Gasteiger partial charge in [-0.1, -0.05) is 0 Å². The molecule has 0 aromatic carbocycles. The van der Waals surface area contributed by atoms with Crippen LogP contribution in [-0.2, 0) is 19.1 Å². The van der Waals surface area contributed by atoms with Crippen LogP contribution in [0.15, 0.2) is 11.1 Å². The molecule has 1 unspecified atom stereocenters. The zero-order valence-electron chi connectivity index (χ0n) is 11.9. The van der Waals surface area contributed by atoms with Gasteiger partial charge in [-0.25, -0.2) is 4.79 Å². The molecular formula is C13H20N2O5. The van der Waals surface area contributed by atoms with Crippen molar-refractivity contribution in [3.63, 3.8) is 0 Å². The average molecular weight is 284 g/mol. The molecule has 0 spiro atoms. The highest BCUT2D eigenvalue weighted by molar-refractivity contribution is 6.02. The van der Waals surface area contributed by atoms with Gasteiger partial charge in [-0.2, -0.15) is 0 Å². The first-order chi connectivity index (χ1) is 9.34. The fourth-order valence-electron chi connectivity index (χ4n) is 1.75. The van der Waals surface area contributed by atoms with E-state index in [1.165, 1.54) is 13.8 Å². The van der Waals surface area contributed by atoms with Gasteiger partial charge >= 0.3 is 5.97 Å². The first kappa shape index (κ1) is 16.2. The molecule has 2 amide bonds. The van der Waals surface area contributed by atoms with Crippen LogP contribution in [0.5, 0.6) is 0 Å². The normalized spacial score (nSPS) is 18.1. The molecule has 0 aromatic heterocycles. The first-order valence-electron chi connectivity index (χ1n) is 6.42. The number of nitrogens with one attached hydrogen (secondary N) is 1. The lowest BCUT2D eigenvalue weighted by Crippen LogP contribution is -2.50. The molecule has 1 aliphatic heterocycles. The molecule has 0 radical (unpaired) electrons. The number of hydrogen-bond donors (Lipinski definition) is 2. The number of carbonyl (C=O) groups is 3. The third-order valence-electron chi connectivity index (χ3n) is 3.26. The van der Waals surface area contributed by atoms with Gasteiger partial charge in [0.25, 0.3) is 0 Å². The molecule has 1 saturated heterocycles. The Hall–Kier alpha value is -1.89. The van der Waals surface area contributed by atoms with Crippen LogP contribution in [0.3, 0.4) is 0 Å². The Morgan fingerprint density at radius 1 is 1.15 bits per heavy atom. The number of rotatable bonds is 4. The van der Waals surface area contributed by atoms with Crippen molar-refractivity contribution >= 4 is 17.8 Å². The van der Waals surface area contributed by atoms with E-state index < -0.39 is 17.9 Å². The topological polar surface area (TPSA) is 95.9 Å². The van der Waals surface area contributed by atoms with E-state index in [2.05, 4.69) is 5.32 Å². The van der Waals surface area contributed by atoms with Crippen molar-refractivity contribution in [3.8, 4) is 0 Å². The minimum absolute atomic E-state index is 0.0338. The molecular weight excluding hydrogens is 264 g/mol. The molecule has 1 aliphatic rings. The minimum atomic E-state index is -1.15. The maximum absolute atomic E-state index is 12.1. The highest BCUT2D eigenvalue weighted by atomic mass is 16.5. The second-order valence-electron chi connectivity index (χ2n) is 4.69. The fourth-order valence-corrected chi connectivity index (χ4v) is 1.75. The highest BCUT2D eigenvalue weighted by Gasteiger charge is 2.24. The number of carbonyl (C=O) groups excluding carboxylic acids is 2. The summed E-state index contributed by atoms with van der Waals surface area (Å²) in [7, 11) is 0. The third kappa shape index (κ3) is 4.06. The number of amides is 2. The third-order valence-corrected chi connectivity index (χ3v) is 3.26. The summed E-state index contributed by atoms with van der Waals surface area (Å²) < 4.78 is 5.15. The van der Waals surface area contributed by atoms with E-state index in [4.69, 9.17) is 9.84 Å². The summed E-state index contributed by atoms with van der Waals surface area (Å²) >= 11 is 0. The molecule has 7 heteroatoms. The second kappa shape index (κ2) is 7.04. The largest absolute Gasteiger partial charge is 0.478 e. The number of carboxylic acid groups (broad SMARTS) is 1. The van der Waals surface area contributed by atoms with Crippen molar-refractivity contribution in [2.24, 2.45) is 0 Å². The van der Waals surface area contributed by atoms with Gasteiger partial charge in [-0.05, 0) is 20.8 Å². The van der Waals surface area contributed by atoms with Crippen LogP contribution >= 0.6 is 0 Å². The maximum atomic E-state index is 12.1. The quantitative estimate of drug-likeness (QED) is 0.695. The summed E-state index contributed by atoms with van der Waals surface area (Å²) in [6.45, 7) is 6.34. The lowest BCUT2D eigenvalue weighted by atomic mass is 10.1. The van der Waals surface area contributed by atoms with Crippen LogP contribution in [0.2, 0.25) is 0 Å². The molecule has 2 N–H and O–H groups in total. The molecule has 0 aliphatic carbocycles. The van der Waals surface area contributed by atoms with Gasteiger partial charge in [0.2, 0.25) is 11.8 Å². The van der Waals surface area contributed by atoms with Crippen molar-refractivity contribution in [3.05, 3.63) is 11.1 Å². The first-order valence-corrected chi connectivity index (χ1v) is 6.42. The molecule has 0 aromatic rings. The molecule has 1 heterocycles. The summed E-state index contributed by atoms with van der Waals surface area (Å²) in [6.07, 6.45) is 0. The summed E-state index contributed by atoms with van der Waals surface area (Å²) in [5.74, 6) is -1.88. The van der Waals surface area contributed by atoms with Crippen LogP contribution in [0.25, 0.3) is 0 Å². The lowest BCUT2D eigenvalue weighted by molar-refractivity contribution is -0.138. The monoisotopic (exact) mass is 284 g/mol. The van der Waals surface area contributed by atoms with Crippen molar-refractivity contribution < 1.29 is 24.2 Å². The van der Waals surface area contributed by atoms with E-state index in [1.807, 2.05) is 0 Å². The van der Waals surface area contributed by atoms with Crippen molar-refractivity contribution in [1.82, 2.24) is 10.2 Å². The Morgan fingerprint density at radius 3 is 2.20 bits per heavy atom. The van der Waals surface area contributed by atoms with Crippen LogP contribution < -0.4 is 5.32 Å². The highest BCUT2D eigenvalue weighted by Crippen LogP contribution is 2.05. The van der Waals surface area contributed by atoms with E-state index in [0.717, 1.165) is 0 Å². The van der Waals surface area contributed by atoms with E-state index in [1.54, 1.807) is 11.8 Å². The van der Waals surface area contributed by atoms with Crippen molar-refractivity contribution in [1.29, 1.82) is 0 Å². The Kier molecular flexibility index (Phi) is 5.69. The Labute approximate surface area is 117 Å². The molecule has 1 fully saturated rings. The van der Waals surface area contributed by atoms with Crippen molar-refractivity contribution in [2.45, 2.75) is 26.8 Å². The second-order valence-corrected chi connectivity index (χ2v) is 4.69. The average Bonchev–Trinajstić information content (AvgIpc) is 2.45. The van der Waals surface area contributed by atoms with E-state index >= 15 is 0 Å². The van der Waals surface area contributed by atoms with E-state index in [9.17, 15) is 14.4 Å². The van der Waals surface area contributed by atoms with Crippen LogP contribution in [0, 0.1) is 0 Å². The van der Waals surface area contributed by atoms with Gasteiger partial charge in [0.15, 0.2) is 0 Å². The Balaban J connectivity index is 2.63. The number of morpholine rings is 1. The fraction of sp³-hybridized carbons (Fsp3) is 0.615. The standard InChI is InChI=1S/C13H20N2O5/c1-8(9(2)13(18)19)11(16)14-10(3)12(17)15-4-6-20-7-5-15/h10H,4-7H2,1-3H3,(H,14,16)(H,18,19). The van der Waals surface area contributed by atoms with Gasteiger partial charge in [0, 0.05) is 24.2 Å². The lowest BCUT2D eigenvalue weighted by Gasteiger charge is -2.29. The van der Waals surface area contributed by atoms with Crippen LogP contribution in [-0.4, -0.2) is 60.1 Å². The van der Waals surface area contributed by atoms with E-state index in [0.29, 0.717) is 26.3 Å². The smallest absolute Gasteiger partial charge is 0.331 e. The van der Waals surface area contributed by atoms with Gasteiger partial charge in [-0.15, -0.1) is 0 Å². The van der Waals surface area contributed by atoms with Gasteiger partial charge < -0.3 is 20.1 Å². The molecule has 112 valence electrons. The molecule has 20 heavy (non-hydrogen) atoms. The summed E-state index contributed by atoms with van der Waals surface area (Å²) in [5.41, 5.74) is 0.0626. The summed E-state index contributed by atoms with van der Waals surface area (Å²) in [6, 6.07) is -0.697. The molecule has 0 bridgehead atoms. The van der Waals surface area contributed by atoms with Gasteiger partial charge in [0.1, 0.15) is 6.04 Å². The van der Waals surface area contributed by atoms with Crippen LogP contribution in [0.4, 0.5) is 0 Å². The van der Waals surface area contributed by atoms with Gasteiger partial charge in [-0.3, -0.25) is 9.59 Å². The Morgan fingerprint density at radius 2 is 1.70 bits per heavy atom. The van der Waals surface area contributed by atoms with Crippen LogP contribution in [0.1, 0.15) is 20.8 Å². The number of ether oxygens (including phenoxy) is 1. The number of aliphatic carboxylic acids is 1. The van der Waals surface area contributed by atoms with E-state index in [-0.39, 0.29) is 17.1 Å². The molecule has 0 saturated carbocycles. The predicted octanol–water partition coefficient (Wildman–Crippen LogP) is -0.229. The zero-order chi connectivity index (χ0) is 15.3. The predicted molar refractivity (Wildman–Crippen MR) is 71.0 cm³/mol. The minimum Gasteiger partial charge on any atom is -0.478 e. The number of nitrogens with zero attached hydrogens (tertiary/aromatic N) is 1. The molecule has 1 atom stereocenters. The summed E-state index contributed by atoms with van der Waals surface area (Å²) in [4.78, 5) is 36.3. The van der Waals surface area contributed by atoms with Crippen molar-refractivity contribution in [2.75, 3.05) is 26.3 Å². The molecule has 7 nitrogen and oxygen atoms in total. The van der Waals surface area contributed by atoms with Gasteiger partial charge in [0.05, 0.1) is 13.2 Å². The summed E-state index contributed by atoms with van der Waals surface area (Å²) in [5, 5.41) is 11.3.